The zero-order chi connectivity index (χ0) is 11.4. The Labute approximate surface area is 116 Å². The normalized spacial score (nSPS) is 10.4. The van der Waals surface area contributed by atoms with Crippen molar-refractivity contribution in [3.05, 3.63) is 49.5 Å². The van der Waals surface area contributed by atoms with Crippen LogP contribution in [-0.2, 0) is 6.42 Å². The van der Waals surface area contributed by atoms with E-state index in [9.17, 15) is 0 Å². The summed E-state index contributed by atoms with van der Waals surface area (Å²) >= 11 is 8.80. The van der Waals surface area contributed by atoms with Gasteiger partial charge in [0.15, 0.2) is 0 Å². The lowest BCUT2D eigenvalue weighted by atomic mass is 10.3. The van der Waals surface area contributed by atoms with Crippen molar-refractivity contribution in [3.8, 4) is 0 Å². The highest BCUT2D eigenvalue weighted by atomic mass is 79.9. The van der Waals surface area contributed by atoms with Gasteiger partial charge in [-0.3, -0.25) is 0 Å². The summed E-state index contributed by atoms with van der Waals surface area (Å²) in [6.45, 7) is 0.954. The van der Waals surface area contributed by atoms with Crippen LogP contribution in [0.4, 0.5) is 5.69 Å². The van der Waals surface area contributed by atoms with Gasteiger partial charge in [-0.25, -0.2) is 0 Å². The molecule has 0 aliphatic rings. The lowest BCUT2D eigenvalue weighted by Crippen LogP contribution is -2.04. The van der Waals surface area contributed by atoms with Crippen LogP contribution in [0.2, 0.25) is 0 Å². The highest BCUT2D eigenvalue weighted by molar-refractivity contribution is 9.11. The molecular weight excluding hydrogens is 350 g/mol. The molecular formula is C12H11Br2NS. The molecule has 0 saturated heterocycles. The molecule has 1 heterocycles. The van der Waals surface area contributed by atoms with E-state index in [1.54, 1.807) is 11.3 Å². The maximum atomic E-state index is 3.53. The fourth-order valence-corrected chi connectivity index (χ4v) is 2.87. The molecule has 1 aromatic heterocycles. The van der Waals surface area contributed by atoms with Gasteiger partial charge in [-0.2, -0.15) is 0 Å². The van der Waals surface area contributed by atoms with E-state index in [-0.39, 0.29) is 0 Å². The molecule has 16 heavy (non-hydrogen) atoms. The predicted molar refractivity (Wildman–Crippen MR) is 78.4 cm³/mol. The largest absolute Gasteiger partial charge is 0.384 e. The summed E-state index contributed by atoms with van der Waals surface area (Å²) in [4.78, 5) is 1.42. The van der Waals surface area contributed by atoms with E-state index in [4.69, 9.17) is 0 Å². The number of nitrogens with one attached hydrogen (secondary N) is 1. The van der Waals surface area contributed by atoms with Crippen molar-refractivity contribution in [1.82, 2.24) is 0 Å². The van der Waals surface area contributed by atoms with Crippen LogP contribution >= 0.6 is 43.2 Å². The van der Waals surface area contributed by atoms with Gasteiger partial charge in [0.05, 0.1) is 0 Å². The van der Waals surface area contributed by atoms with Crippen LogP contribution in [0.25, 0.3) is 0 Å². The molecule has 84 valence electrons. The monoisotopic (exact) mass is 359 g/mol. The molecule has 1 aromatic carbocycles. The lowest BCUT2D eigenvalue weighted by molar-refractivity contribution is 1.04. The number of thiophene rings is 1. The van der Waals surface area contributed by atoms with Gasteiger partial charge in [-0.1, -0.05) is 22.0 Å². The van der Waals surface area contributed by atoms with E-state index >= 15 is 0 Å². The van der Waals surface area contributed by atoms with Crippen molar-refractivity contribution < 1.29 is 0 Å². The summed E-state index contributed by atoms with van der Waals surface area (Å²) < 4.78 is 2.19. The topological polar surface area (TPSA) is 12.0 Å². The molecule has 0 aliphatic heterocycles. The van der Waals surface area contributed by atoms with Crippen molar-refractivity contribution >= 4 is 48.9 Å². The van der Waals surface area contributed by atoms with E-state index in [2.05, 4.69) is 60.8 Å². The molecule has 0 saturated carbocycles. The number of anilines is 1. The zero-order valence-corrected chi connectivity index (χ0v) is 12.5. The Kier molecular flexibility index (Phi) is 4.44. The Morgan fingerprint density at radius 1 is 1.19 bits per heavy atom. The van der Waals surface area contributed by atoms with E-state index < -0.39 is 0 Å². The van der Waals surface area contributed by atoms with Crippen molar-refractivity contribution in [2.45, 2.75) is 6.42 Å². The molecule has 1 N–H and O–H groups in total. The first-order chi connectivity index (χ1) is 7.75. The standard InChI is InChI=1S/C12H11Br2NS/c13-9-3-4-11(14)12(8-9)15-6-5-10-2-1-7-16-10/h1-4,7-8,15H,5-6H2. The molecule has 0 aliphatic carbocycles. The summed E-state index contributed by atoms with van der Waals surface area (Å²) in [6, 6.07) is 10.4. The third kappa shape index (κ3) is 3.34. The van der Waals surface area contributed by atoms with Crippen LogP contribution in [0.3, 0.4) is 0 Å². The average Bonchev–Trinajstić information content (AvgIpc) is 2.76. The highest BCUT2D eigenvalue weighted by Gasteiger charge is 2.00. The molecule has 0 spiro atoms. The fourth-order valence-electron chi connectivity index (χ4n) is 1.41. The van der Waals surface area contributed by atoms with Crippen LogP contribution in [0.15, 0.2) is 44.7 Å². The fraction of sp³-hybridized carbons (Fsp3) is 0.167. The van der Waals surface area contributed by atoms with Gasteiger partial charge in [0, 0.05) is 26.1 Å². The Hall–Kier alpha value is -0.320. The van der Waals surface area contributed by atoms with Crippen LogP contribution in [0, 0.1) is 0 Å². The third-order valence-corrected chi connectivity index (χ3v) is 4.32. The molecule has 0 bridgehead atoms. The molecule has 0 fully saturated rings. The first-order valence-electron chi connectivity index (χ1n) is 4.97. The molecule has 1 nitrogen and oxygen atoms in total. The molecule has 0 unspecified atom stereocenters. The van der Waals surface area contributed by atoms with Crippen LogP contribution < -0.4 is 5.32 Å². The summed E-state index contributed by atoms with van der Waals surface area (Å²) in [6.07, 6.45) is 1.07. The number of hydrogen-bond acceptors (Lipinski definition) is 2. The molecule has 2 rings (SSSR count). The van der Waals surface area contributed by atoms with E-state index in [0.717, 1.165) is 27.6 Å². The minimum absolute atomic E-state index is 0.954. The quantitative estimate of drug-likeness (QED) is 0.815. The van der Waals surface area contributed by atoms with E-state index in [1.807, 2.05) is 12.1 Å². The Bertz CT molecular complexity index is 454. The van der Waals surface area contributed by atoms with Gasteiger partial charge in [-0.05, 0) is 52.0 Å². The molecule has 2 aromatic rings. The Balaban J connectivity index is 1.92. The van der Waals surface area contributed by atoms with Crippen molar-refractivity contribution in [2.24, 2.45) is 0 Å². The number of rotatable bonds is 4. The van der Waals surface area contributed by atoms with Crippen LogP contribution in [0.5, 0.6) is 0 Å². The van der Waals surface area contributed by atoms with Crippen LogP contribution in [0.1, 0.15) is 4.88 Å². The van der Waals surface area contributed by atoms with Crippen molar-refractivity contribution in [2.75, 3.05) is 11.9 Å². The Morgan fingerprint density at radius 2 is 2.06 bits per heavy atom. The summed E-state index contributed by atoms with van der Waals surface area (Å²) in [5, 5.41) is 5.54. The van der Waals surface area contributed by atoms with Gasteiger partial charge in [0.2, 0.25) is 0 Å². The summed E-state index contributed by atoms with van der Waals surface area (Å²) in [5.41, 5.74) is 1.13. The summed E-state index contributed by atoms with van der Waals surface area (Å²) in [5.74, 6) is 0. The van der Waals surface area contributed by atoms with Crippen LogP contribution in [-0.4, -0.2) is 6.54 Å². The highest BCUT2D eigenvalue weighted by Crippen LogP contribution is 2.26. The zero-order valence-electron chi connectivity index (χ0n) is 8.54. The van der Waals surface area contributed by atoms with Crippen molar-refractivity contribution in [3.63, 3.8) is 0 Å². The molecule has 0 atom stereocenters. The lowest BCUT2D eigenvalue weighted by Gasteiger charge is -2.08. The van der Waals surface area contributed by atoms with Gasteiger partial charge >= 0.3 is 0 Å². The van der Waals surface area contributed by atoms with Gasteiger partial charge in [-0.15, -0.1) is 11.3 Å². The third-order valence-electron chi connectivity index (χ3n) is 2.20. The van der Waals surface area contributed by atoms with Gasteiger partial charge in [0.1, 0.15) is 0 Å². The maximum Gasteiger partial charge on any atom is 0.0496 e. The second-order valence-corrected chi connectivity index (χ2v) is 6.18. The average molecular weight is 361 g/mol. The van der Waals surface area contributed by atoms with E-state index in [1.165, 1.54) is 4.88 Å². The first-order valence-corrected chi connectivity index (χ1v) is 7.43. The van der Waals surface area contributed by atoms with E-state index in [0.29, 0.717) is 0 Å². The second kappa shape index (κ2) is 5.84. The van der Waals surface area contributed by atoms with Gasteiger partial charge in [0.25, 0.3) is 0 Å². The smallest absolute Gasteiger partial charge is 0.0496 e. The molecule has 0 amide bonds. The molecule has 4 heteroatoms. The second-order valence-electron chi connectivity index (χ2n) is 3.38. The molecule has 0 radical (unpaired) electrons. The minimum Gasteiger partial charge on any atom is -0.384 e. The SMILES string of the molecule is Brc1ccc(Br)c(NCCc2cccs2)c1. The summed E-state index contributed by atoms with van der Waals surface area (Å²) in [7, 11) is 0. The van der Waals surface area contributed by atoms with Crippen molar-refractivity contribution in [1.29, 1.82) is 0 Å². The maximum absolute atomic E-state index is 3.53. The minimum atomic E-state index is 0.954. The Morgan fingerprint density at radius 3 is 2.81 bits per heavy atom. The van der Waals surface area contributed by atoms with Gasteiger partial charge < -0.3 is 5.32 Å². The first kappa shape index (κ1) is 12.1. The predicted octanol–water partition coefficient (Wildman–Crippen LogP) is 4.93. The number of hydrogen-bond donors (Lipinski definition) is 1. The number of halogens is 2. The number of benzene rings is 1.